The summed E-state index contributed by atoms with van der Waals surface area (Å²) in [5.41, 5.74) is 2.36. The van der Waals surface area contributed by atoms with Gasteiger partial charge in [-0.2, -0.15) is 28.5 Å². The molecule has 1 aliphatic carbocycles. The number of H-pyrrole nitrogens is 1. The smallest absolute Gasteiger partial charge is 0.451 e. The lowest BCUT2D eigenvalue weighted by Gasteiger charge is -2.52. The van der Waals surface area contributed by atoms with Gasteiger partial charge in [-0.05, 0) is 51.3 Å². The van der Waals surface area contributed by atoms with Crippen molar-refractivity contribution in [2.45, 2.75) is 68.9 Å². The molecule has 0 bridgehead atoms. The molecule has 14 heteroatoms. The van der Waals surface area contributed by atoms with E-state index >= 15 is 0 Å². The van der Waals surface area contributed by atoms with E-state index in [4.69, 9.17) is 4.74 Å². The van der Waals surface area contributed by atoms with Crippen LogP contribution in [0.25, 0.3) is 22.3 Å². The van der Waals surface area contributed by atoms with Crippen LogP contribution in [-0.2, 0) is 18.3 Å². The third-order valence-electron chi connectivity index (χ3n) is 8.96. The molecule has 4 aromatic rings. The predicted molar refractivity (Wildman–Crippen MR) is 148 cm³/mol. The van der Waals surface area contributed by atoms with Crippen molar-refractivity contribution in [1.82, 2.24) is 44.5 Å². The van der Waals surface area contributed by atoms with Gasteiger partial charge in [0.1, 0.15) is 18.1 Å². The number of hydrogen-bond acceptors (Lipinski definition) is 9. The molecule has 0 radical (unpaired) electrons. The van der Waals surface area contributed by atoms with Crippen molar-refractivity contribution in [3.05, 3.63) is 48.6 Å². The summed E-state index contributed by atoms with van der Waals surface area (Å²) in [6, 6.07) is 6.12. The third-order valence-corrected chi connectivity index (χ3v) is 8.96. The first-order valence-corrected chi connectivity index (χ1v) is 14.6. The van der Waals surface area contributed by atoms with Crippen LogP contribution < -0.4 is 4.74 Å². The van der Waals surface area contributed by atoms with Gasteiger partial charge in [-0.3, -0.25) is 14.5 Å². The van der Waals surface area contributed by atoms with Crippen LogP contribution in [0.3, 0.4) is 0 Å². The second kappa shape index (κ2) is 10.9. The molecule has 224 valence electrons. The van der Waals surface area contributed by atoms with Gasteiger partial charge >= 0.3 is 6.18 Å². The van der Waals surface area contributed by atoms with Crippen LogP contribution in [0, 0.1) is 11.3 Å². The Morgan fingerprint density at radius 1 is 1.12 bits per heavy atom. The van der Waals surface area contributed by atoms with E-state index in [0.717, 1.165) is 67.7 Å². The molecule has 7 rings (SSSR count). The quantitative estimate of drug-likeness (QED) is 0.321. The number of ether oxygens (including phenoxy) is 1. The zero-order chi connectivity index (χ0) is 29.6. The van der Waals surface area contributed by atoms with E-state index in [1.165, 1.54) is 6.33 Å². The van der Waals surface area contributed by atoms with Crippen LogP contribution in [-0.4, -0.2) is 82.8 Å². The van der Waals surface area contributed by atoms with E-state index in [9.17, 15) is 18.4 Å². The molecule has 0 atom stereocenters. The summed E-state index contributed by atoms with van der Waals surface area (Å²) in [5, 5.41) is 15.2. The first-order chi connectivity index (χ1) is 20.8. The number of nitrogens with one attached hydrogen (secondary N) is 1. The summed E-state index contributed by atoms with van der Waals surface area (Å²) in [5.74, 6) is -1.16. The van der Waals surface area contributed by atoms with Gasteiger partial charge in [0.25, 0.3) is 0 Å². The average molecular weight is 593 g/mol. The summed E-state index contributed by atoms with van der Waals surface area (Å²) in [7, 11) is 0. The highest BCUT2D eigenvalue weighted by Gasteiger charge is 2.49. The lowest BCUT2D eigenvalue weighted by Crippen LogP contribution is -2.58. The Bertz CT molecular complexity index is 1640. The van der Waals surface area contributed by atoms with Crippen molar-refractivity contribution in [1.29, 1.82) is 5.26 Å². The fourth-order valence-electron chi connectivity index (χ4n) is 6.48. The summed E-state index contributed by atoms with van der Waals surface area (Å²) < 4.78 is 48.4. The van der Waals surface area contributed by atoms with Crippen LogP contribution in [0.4, 0.5) is 13.2 Å². The van der Waals surface area contributed by atoms with Gasteiger partial charge in [0.05, 0.1) is 35.6 Å². The lowest BCUT2D eigenvalue weighted by molar-refractivity contribution is -0.145. The van der Waals surface area contributed by atoms with Crippen molar-refractivity contribution < 1.29 is 17.9 Å². The van der Waals surface area contributed by atoms with Gasteiger partial charge < -0.3 is 9.72 Å². The normalized spacial score (nSPS) is 23.5. The van der Waals surface area contributed by atoms with Gasteiger partial charge in [-0.15, -0.1) is 0 Å². The Morgan fingerprint density at radius 3 is 2.65 bits per heavy atom. The number of halogens is 3. The Hall–Kier alpha value is -4.09. The molecule has 4 aromatic heterocycles. The molecule has 6 heterocycles. The fraction of sp³-hybridized carbons (Fsp3) is 0.517. The topological polar surface area (TPSA) is 125 Å². The van der Waals surface area contributed by atoms with Crippen LogP contribution in [0.1, 0.15) is 50.0 Å². The minimum atomic E-state index is -4.63. The maximum absolute atomic E-state index is 13.5. The van der Waals surface area contributed by atoms with Crippen molar-refractivity contribution in [3.63, 3.8) is 0 Å². The Morgan fingerprint density at radius 2 is 1.93 bits per heavy atom. The molecule has 3 fully saturated rings. The number of nitrogens with zero attached hydrogens (tertiary/aromatic N) is 9. The number of alkyl halides is 3. The average Bonchev–Trinajstić information content (AvgIpc) is 3.63. The molecule has 3 aliphatic rings. The highest BCUT2D eigenvalue weighted by Crippen LogP contribution is 2.45. The maximum Gasteiger partial charge on any atom is 0.451 e. The summed E-state index contributed by atoms with van der Waals surface area (Å²) in [4.78, 5) is 23.7. The second-order valence-electron chi connectivity index (χ2n) is 11.8. The zero-order valence-corrected chi connectivity index (χ0v) is 23.5. The summed E-state index contributed by atoms with van der Waals surface area (Å²) >= 11 is 0. The molecular formula is C29H31F3N10O. The first kappa shape index (κ1) is 27.7. The number of likely N-dealkylation sites (tertiary alicyclic amines) is 2. The minimum absolute atomic E-state index is 0.0110. The van der Waals surface area contributed by atoms with Crippen LogP contribution >= 0.6 is 0 Å². The number of aromatic amines is 1. The van der Waals surface area contributed by atoms with Gasteiger partial charge in [-0.25, -0.2) is 15.0 Å². The number of aromatic nitrogens is 7. The van der Waals surface area contributed by atoms with Gasteiger partial charge in [0.2, 0.25) is 11.7 Å². The minimum Gasteiger partial charge on any atom is -0.474 e. The number of fused-ring (bicyclic) bond motifs is 1. The van der Waals surface area contributed by atoms with Crippen molar-refractivity contribution >= 4 is 11.0 Å². The molecule has 2 aliphatic heterocycles. The predicted octanol–water partition coefficient (Wildman–Crippen LogP) is 4.15. The molecule has 11 nitrogen and oxygen atoms in total. The third kappa shape index (κ3) is 5.43. The van der Waals surface area contributed by atoms with Gasteiger partial charge in [0, 0.05) is 55.1 Å². The molecule has 0 unspecified atom stereocenters. The molecule has 0 spiro atoms. The van der Waals surface area contributed by atoms with Crippen LogP contribution in [0.2, 0.25) is 0 Å². The number of rotatable bonds is 8. The van der Waals surface area contributed by atoms with Crippen molar-refractivity contribution in [2.75, 3.05) is 26.2 Å². The van der Waals surface area contributed by atoms with Crippen LogP contribution in [0.15, 0.2) is 37.1 Å². The largest absolute Gasteiger partial charge is 0.474 e. The van der Waals surface area contributed by atoms with Crippen LogP contribution in [0.5, 0.6) is 5.88 Å². The molecule has 1 saturated carbocycles. The molecule has 1 N–H and O–H groups in total. The standard InChI is InChI=1S/C29H31F3N10O/c30-29(31,32)27-38-20(17-40-8-1-9-40)12-24(39-27)43-22-3-10-41(11-4-22)21-13-28(14-21,5-6-33)42-16-19(15-37-42)25-23-2-7-34-26(23)36-18-35-25/h2,7,12,15-16,18,21-22H,1,3-5,8-11,13-14,17H2,(H,34,35,36). The maximum atomic E-state index is 13.5. The Labute approximate surface area is 245 Å². The van der Waals surface area contributed by atoms with E-state index in [1.807, 2.05) is 23.1 Å². The SMILES string of the molecule is N#CCC1(n2cc(-c3ncnc4[nH]ccc34)cn2)CC(N2CCC(Oc3cc(CN4CCC4)nc(C(F)(F)F)n3)CC2)C1. The fourth-order valence-corrected chi connectivity index (χ4v) is 6.48. The first-order valence-electron chi connectivity index (χ1n) is 14.6. The van der Waals surface area contributed by atoms with Gasteiger partial charge in [-0.1, -0.05) is 0 Å². The van der Waals surface area contributed by atoms with Crippen molar-refractivity contribution in [2.24, 2.45) is 0 Å². The Kier molecular flexibility index (Phi) is 7.01. The van der Waals surface area contributed by atoms with E-state index < -0.39 is 17.5 Å². The number of hydrogen-bond donors (Lipinski definition) is 1. The summed E-state index contributed by atoms with van der Waals surface area (Å²) in [6.07, 6.45) is 6.58. The highest BCUT2D eigenvalue weighted by atomic mass is 19.4. The lowest BCUT2D eigenvalue weighted by atomic mass is 9.69. The molecule has 43 heavy (non-hydrogen) atoms. The van der Waals surface area contributed by atoms with E-state index in [-0.39, 0.29) is 18.0 Å². The van der Waals surface area contributed by atoms with E-state index in [0.29, 0.717) is 31.5 Å². The molecule has 0 aromatic carbocycles. The van der Waals surface area contributed by atoms with Crippen molar-refractivity contribution in [3.8, 4) is 23.2 Å². The molecule has 0 amide bonds. The second-order valence-corrected chi connectivity index (χ2v) is 11.8. The molecule has 2 saturated heterocycles. The highest BCUT2D eigenvalue weighted by molar-refractivity contribution is 5.90. The van der Waals surface area contributed by atoms with Gasteiger partial charge in [0.15, 0.2) is 0 Å². The Balaban J connectivity index is 0.986. The van der Waals surface area contributed by atoms with E-state index in [1.54, 1.807) is 12.3 Å². The monoisotopic (exact) mass is 592 g/mol. The molecular weight excluding hydrogens is 561 g/mol. The zero-order valence-electron chi connectivity index (χ0n) is 23.5. The summed E-state index contributed by atoms with van der Waals surface area (Å²) in [6.45, 7) is 3.59. The number of nitriles is 1. The van der Waals surface area contributed by atoms with E-state index in [2.05, 4.69) is 45.9 Å². The number of piperidine rings is 1.